The Morgan fingerprint density at radius 3 is 2.36 bits per heavy atom. The monoisotopic (exact) mass is 167 g/mol. The summed E-state index contributed by atoms with van der Waals surface area (Å²) < 4.78 is 20.3. The van der Waals surface area contributed by atoms with E-state index in [-0.39, 0.29) is 0 Å². The van der Waals surface area contributed by atoms with Crippen molar-refractivity contribution in [2.75, 3.05) is 6.61 Å². The summed E-state index contributed by atoms with van der Waals surface area (Å²) in [5.41, 5.74) is 0. The van der Waals surface area contributed by atoms with Crippen molar-refractivity contribution in [3.8, 4) is 0 Å². The van der Waals surface area contributed by atoms with Gasteiger partial charge in [0.1, 0.15) is 19.8 Å². The van der Waals surface area contributed by atoms with E-state index in [0.29, 0.717) is 0 Å². The summed E-state index contributed by atoms with van der Waals surface area (Å²) in [5.74, 6) is 0. The molecule has 0 aromatic heterocycles. The second-order valence-electron chi connectivity index (χ2n) is 1.93. The first kappa shape index (κ1) is 6.07. The maximum Gasteiger partial charge on any atom is 0.122 e. The average Bonchev–Trinajstić information content (AvgIpc) is 2.13. The molecule has 0 amide bonds. The Hall–Kier alpha value is -0.490. The molecule has 0 rings (SSSR count). The molecule has 0 radical (unpaired) electrons. The van der Waals surface area contributed by atoms with Crippen molar-refractivity contribution >= 4 is 6.26 Å². The molecular formula is C6H12O5. The standard InChI is InChI=1S/C6H12O5/c7-2-1-4(9)6(11)5(10)3-8/h2,4-6,8-11H,1,3H2/t4-,5-,6+/m1/s1/i1D2,2D. The molecule has 0 heterocycles. The summed E-state index contributed by atoms with van der Waals surface area (Å²) in [7, 11) is 0. The predicted molar refractivity (Wildman–Crippen MR) is 35.8 cm³/mol. The number of carbonyl (C=O) groups excluding carboxylic acids is 1. The smallest absolute Gasteiger partial charge is 0.122 e. The van der Waals surface area contributed by atoms with Crippen LogP contribution in [0.25, 0.3) is 0 Å². The minimum Gasteiger partial charge on any atom is -0.394 e. The van der Waals surface area contributed by atoms with Gasteiger partial charge in [-0.1, -0.05) is 0 Å². The lowest BCUT2D eigenvalue weighted by atomic mass is 10.1. The molecule has 0 spiro atoms. The summed E-state index contributed by atoms with van der Waals surface area (Å²) in [6.45, 7) is -0.888. The zero-order valence-electron chi connectivity index (χ0n) is 8.64. The Morgan fingerprint density at radius 2 is 2.00 bits per heavy atom. The molecule has 3 atom stereocenters. The number of aliphatic hydroxyl groups excluding tert-OH is 4. The molecule has 66 valence electrons. The van der Waals surface area contributed by atoms with Crippen molar-refractivity contribution in [3.05, 3.63) is 0 Å². The van der Waals surface area contributed by atoms with E-state index in [2.05, 4.69) is 0 Å². The van der Waals surface area contributed by atoms with E-state index >= 15 is 0 Å². The molecule has 0 unspecified atom stereocenters. The van der Waals surface area contributed by atoms with Crippen LogP contribution in [0.5, 0.6) is 0 Å². The molecule has 0 aromatic rings. The molecule has 0 aliphatic heterocycles. The van der Waals surface area contributed by atoms with Crippen LogP contribution in [-0.2, 0) is 4.79 Å². The highest BCUT2D eigenvalue weighted by Crippen LogP contribution is 2.01. The predicted octanol–water partition coefficient (Wildman–Crippen LogP) is -2.35. The Labute approximate surface area is 68.1 Å². The third kappa shape index (κ3) is 3.43. The average molecular weight is 167 g/mol. The summed E-state index contributed by atoms with van der Waals surface area (Å²) in [6.07, 6.45) is -10.7. The van der Waals surface area contributed by atoms with Crippen LogP contribution in [0.3, 0.4) is 0 Å². The number of aliphatic hydroxyl groups is 4. The van der Waals surface area contributed by atoms with Gasteiger partial charge in [0.05, 0.1) is 12.7 Å². The van der Waals surface area contributed by atoms with E-state index in [0.717, 1.165) is 0 Å². The fourth-order valence-electron chi connectivity index (χ4n) is 0.464. The van der Waals surface area contributed by atoms with E-state index in [1.54, 1.807) is 0 Å². The molecule has 5 heteroatoms. The van der Waals surface area contributed by atoms with Gasteiger partial charge in [-0.25, -0.2) is 0 Å². The molecule has 0 aliphatic carbocycles. The van der Waals surface area contributed by atoms with Gasteiger partial charge in [0.15, 0.2) is 0 Å². The van der Waals surface area contributed by atoms with Crippen LogP contribution < -0.4 is 0 Å². The molecule has 0 saturated heterocycles. The van der Waals surface area contributed by atoms with Crippen molar-refractivity contribution in [3.63, 3.8) is 0 Å². The Balaban J connectivity index is 4.60. The third-order valence-corrected chi connectivity index (χ3v) is 1.11. The van der Waals surface area contributed by atoms with E-state index in [1.807, 2.05) is 0 Å². The van der Waals surface area contributed by atoms with Crippen LogP contribution in [0.4, 0.5) is 0 Å². The van der Waals surface area contributed by atoms with Crippen molar-refractivity contribution < 1.29 is 29.3 Å². The van der Waals surface area contributed by atoms with Gasteiger partial charge in [0, 0.05) is 9.11 Å². The summed E-state index contributed by atoms with van der Waals surface area (Å²) in [4.78, 5) is 10.4. The second-order valence-corrected chi connectivity index (χ2v) is 1.93. The van der Waals surface area contributed by atoms with Crippen molar-refractivity contribution in [1.82, 2.24) is 0 Å². The number of hydrogen-bond acceptors (Lipinski definition) is 5. The highest BCUT2D eigenvalue weighted by molar-refractivity contribution is 5.50. The Kier molecular flexibility index (Phi) is 2.87. The fraction of sp³-hybridized carbons (Fsp3) is 0.833. The van der Waals surface area contributed by atoms with Gasteiger partial charge in [-0.05, 0) is 0 Å². The summed E-state index contributed by atoms with van der Waals surface area (Å²) in [6, 6.07) is 0. The number of hydrogen-bond donors (Lipinski definition) is 4. The van der Waals surface area contributed by atoms with E-state index < -0.39 is 37.6 Å². The van der Waals surface area contributed by atoms with Gasteiger partial charge in [0.25, 0.3) is 0 Å². The first-order chi connectivity index (χ1) is 6.25. The first-order valence-corrected chi connectivity index (χ1v) is 2.91. The van der Waals surface area contributed by atoms with Gasteiger partial charge in [-0.15, -0.1) is 0 Å². The SMILES string of the molecule is [2H]C(=O)C([2H])([2H])[C@@H](O)[C@H](O)[C@H](O)CO. The zero-order valence-corrected chi connectivity index (χ0v) is 5.64. The molecule has 4 N–H and O–H groups in total. The van der Waals surface area contributed by atoms with Gasteiger partial charge < -0.3 is 25.2 Å². The van der Waals surface area contributed by atoms with E-state index in [4.69, 9.17) is 24.5 Å². The first-order valence-electron chi connectivity index (χ1n) is 4.41. The maximum atomic E-state index is 10.4. The minimum atomic E-state index is -2.98. The fourth-order valence-corrected chi connectivity index (χ4v) is 0.464. The number of aldehydes is 1. The zero-order chi connectivity index (χ0) is 11.5. The van der Waals surface area contributed by atoms with Crippen LogP contribution in [-0.4, -0.2) is 51.6 Å². The molecule has 11 heavy (non-hydrogen) atoms. The lowest BCUT2D eigenvalue weighted by molar-refractivity contribution is -0.115. The lowest BCUT2D eigenvalue weighted by Gasteiger charge is -2.19. The third-order valence-electron chi connectivity index (χ3n) is 1.11. The van der Waals surface area contributed by atoms with Crippen LogP contribution in [0, 0.1) is 0 Å². The summed E-state index contributed by atoms with van der Waals surface area (Å²) in [5, 5.41) is 35.3. The molecule has 5 nitrogen and oxygen atoms in total. The highest BCUT2D eigenvalue weighted by atomic mass is 16.4. The molecule has 0 fully saturated rings. The number of carbonyl (C=O) groups is 1. The van der Waals surface area contributed by atoms with Gasteiger partial charge >= 0.3 is 0 Å². The van der Waals surface area contributed by atoms with E-state index in [1.165, 1.54) is 0 Å². The summed E-state index contributed by atoms with van der Waals surface area (Å²) >= 11 is 0. The largest absolute Gasteiger partial charge is 0.394 e. The van der Waals surface area contributed by atoms with E-state index in [9.17, 15) is 4.79 Å². The molecule has 0 saturated carbocycles. The van der Waals surface area contributed by atoms with Crippen molar-refractivity contribution in [2.45, 2.75) is 24.7 Å². The minimum absolute atomic E-state index is 0.888. The number of rotatable bonds is 5. The van der Waals surface area contributed by atoms with Gasteiger partial charge in [0.2, 0.25) is 0 Å². The Morgan fingerprint density at radius 1 is 1.45 bits per heavy atom. The normalized spacial score (nSPS) is 24.2. The van der Waals surface area contributed by atoms with Crippen LogP contribution in [0.15, 0.2) is 0 Å². The quantitative estimate of drug-likeness (QED) is 0.344. The van der Waals surface area contributed by atoms with Crippen LogP contribution >= 0.6 is 0 Å². The maximum absolute atomic E-state index is 10.4. The Bertz CT molecular complexity index is 210. The molecule has 0 aliphatic rings. The van der Waals surface area contributed by atoms with Gasteiger partial charge in [-0.3, -0.25) is 0 Å². The second kappa shape index (κ2) is 5.20. The topological polar surface area (TPSA) is 98.0 Å². The van der Waals surface area contributed by atoms with Crippen molar-refractivity contribution in [2.24, 2.45) is 0 Å². The molecule has 0 bridgehead atoms. The van der Waals surface area contributed by atoms with Crippen LogP contribution in [0.1, 0.15) is 10.5 Å². The molecule has 0 aromatic carbocycles. The van der Waals surface area contributed by atoms with Crippen LogP contribution in [0.2, 0.25) is 0 Å². The van der Waals surface area contributed by atoms with Gasteiger partial charge in [-0.2, -0.15) is 0 Å². The van der Waals surface area contributed by atoms with Crippen molar-refractivity contribution in [1.29, 1.82) is 0 Å². The lowest BCUT2D eigenvalue weighted by Crippen LogP contribution is -2.39. The highest BCUT2D eigenvalue weighted by Gasteiger charge is 2.23. The molecular weight excluding hydrogens is 152 g/mol.